The van der Waals surface area contributed by atoms with Gasteiger partial charge >= 0.3 is 0 Å². The fourth-order valence-electron chi connectivity index (χ4n) is 4.36. The minimum atomic E-state index is -1.80. The van der Waals surface area contributed by atoms with Gasteiger partial charge in [0.2, 0.25) is 0 Å². The normalized spacial score (nSPS) is 17.0. The van der Waals surface area contributed by atoms with Gasteiger partial charge < -0.3 is 20.2 Å². The Bertz CT molecular complexity index is 1380. The number of rotatable bonds is 9. The van der Waals surface area contributed by atoms with Crippen LogP contribution in [0.3, 0.4) is 0 Å². The molecular weight excluding hydrogens is 498 g/mol. The number of alkyl halides is 1. The van der Waals surface area contributed by atoms with Crippen LogP contribution in [0.5, 0.6) is 5.75 Å². The molecule has 200 valence electrons. The summed E-state index contributed by atoms with van der Waals surface area (Å²) in [6.45, 7) is 1.28. The molecule has 1 aliphatic carbocycles. The number of benzene rings is 1. The Balaban J connectivity index is 1.83. The molecule has 0 atom stereocenters. The average Bonchev–Trinajstić information content (AvgIpc) is 2.90. The van der Waals surface area contributed by atoms with E-state index in [1.54, 1.807) is 21.8 Å². The molecule has 0 radical (unpaired) electrons. The van der Waals surface area contributed by atoms with E-state index in [9.17, 15) is 9.18 Å². The van der Waals surface area contributed by atoms with Crippen molar-refractivity contribution in [2.24, 2.45) is 0 Å². The van der Waals surface area contributed by atoms with E-state index in [1.165, 1.54) is 38.7 Å². The second kappa shape index (κ2) is 11.8. The monoisotopic (exact) mass is 530 g/mol. The number of hydrogen-bond donors (Lipinski definition) is 2. The Morgan fingerprint density at radius 3 is 2.59 bits per heavy atom. The summed E-state index contributed by atoms with van der Waals surface area (Å²) in [4.78, 5) is 13.6. The van der Waals surface area contributed by atoms with Crippen LogP contribution in [0.4, 0.5) is 8.78 Å². The summed E-state index contributed by atoms with van der Waals surface area (Å²) in [6, 6.07) is 4.96. The quantitative estimate of drug-likeness (QED) is 0.360. The van der Waals surface area contributed by atoms with Crippen molar-refractivity contribution in [3.8, 4) is 11.4 Å². The van der Waals surface area contributed by atoms with Crippen LogP contribution in [0.25, 0.3) is 11.4 Å². The van der Waals surface area contributed by atoms with Gasteiger partial charge in [0.1, 0.15) is 42.9 Å². The zero-order valence-electron chi connectivity index (χ0n) is 22.9. The molecule has 1 aliphatic heterocycles. The molecule has 1 saturated heterocycles. The first-order valence-corrected chi connectivity index (χ1v) is 13.2. The maximum absolute atomic E-state index is 15.5. The van der Waals surface area contributed by atoms with Crippen LogP contribution < -0.4 is 15.5 Å². The second-order valence-electron chi connectivity index (χ2n) is 10.8. The molecule has 0 saturated carbocycles. The van der Waals surface area contributed by atoms with Crippen molar-refractivity contribution in [3.63, 3.8) is 0 Å². The van der Waals surface area contributed by atoms with Crippen molar-refractivity contribution in [3.05, 3.63) is 81.7 Å². The molecule has 0 amide bonds. The molecule has 4 rings (SSSR count). The second-order valence-corrected chi connectivity index (χ2v) is 10.8. The molecule has 1 aromatic carbocycles. The van der Waals surface area contributed by atoms with Crippen LogP contribution in [-0.2, 0) is 4.74 Å². The van der Waals surface area contributed by atoms with Gasteiger partial charge in [-0.05, 0) is 61.4 Å². The molecule has 2 heterocycles. The molecule has 0 bridgehead atoms. The van der Waals surface area contributed by atoms with Crippen LogP contribution in [-0.4, -0.2) is 71.5 Å². The van der Waals surface area contributed by atoms with Crippen molar-refractivity contribution in [1.29, 1.82) is 5.41 Å². The Labute approximate surface area is 230 Å². The van der Waals surface area contributed by atoms with Gasteiger partial charge in [-0.2, -0.15) is 5.10 Å². The number of hydrogen-bond acceptors (Lipinski definition) is 6. The van der Waals surface area contributed by atoms with Crippen LogP contribution in [0.2, 0.25) is 0 Å². The highest BCUT2D eigenvalue weighted by atomic mass is 19.1. The molecular formula is C26H32B4F2N4O3. The molecule has 2 aromatic rings. The fourth-order valence-corrected chi connectivity index (χ4v) is 4.36. The molecule has 13 heteroatoms. The summed E-state index contributed by atoms with van der Waals surface area (Å²) in [5.74, 6) is -0.496. The number of nitrogens with zero attached hydrogens (tertiary/aromatic N) is 2. The van der Waals surface area contributed by atoms with Crippen LogP contribution in [0.1, 0.15) is 42.9 Å². The molecule has 2 N–H and O–H groups in total. The van der Waals surface area contributed by atoms with Gasteiger partial charge in [0.05, 0.1) is 22.8 Å². The standard InChI is InChI=1S/C26H32B4F2N4O3/c27-25(28,32)26(29,30)39-22-15-36(21-7-6-17(14-19(21)31)16-9-12-38-13-10-16)35-23(24(22)37)20(8-11-33)34-18-4-2-1-3-5-18/h2,4-8,11,14-16,33-34H,1,3,9-10,12-13,27-30H2/b20-8-,33-11?. The van der Waals surface area contributed by atoms with Gasteiger partial charge in [-0.3, -0.25) is 9.18 Å². The summed E-state index contributed by atoms with van der Waals surface area (Å²) in [6.07, 6.45) is 12.9. The molecule has 39 heavy (non-hydrogen) atoms. The van der Waals surface area contributed by atoms with Gasteiger partial charge in [-0.25, -0.2) is 9.07 Å². The first-order valence-electron chi connectivity index (χ1n) is 13.2. The van der Waals surface area contributed by atoms with E-state index >= 15 is 4.39 Å². The Morgan fingerprint density at radius 2 is 1.97 bits per heavy atom. The Morgan fingerprint density at radius 1 is 1.23 bits per heavy atom. The third-order valence-electron chi connectivity index (χ3n) is 7.37. The molecule has 1 fully saturated rings. The zero-order valence-corrected chi connectivity index (χ0v) is 22.9. The lowest BCUT2D eigenvalue weighted by Crippen LogP contribution is -2.58. The van der Waals surface area contributed by atoms with Gasteiger partial charge in [-0.15, -0.1) is 0 Å². The first kappa shape index (κ1) is 28.7. The van der Waals surface area contributed by atoms with E-state index in [0.717, 1.165) is 43.2 Å². The Hall–Kier alpha value is -3.33. The molecule has 0 spiro atoms. The maximum atomic E-state index is 15.5. The fraction of sp³-hybridized carbons (Fsp3) is 0.346. The predicted molar refractivity (Wildman–Crippen MR) is 160 cm³/mol. The van der Waals surface area contributed by atoms with Gasteiger partial charge in [0.15, 0.2) is 11.4 Å². The van der Waals surface area contributed by atoms with Crippen molar-refractivity contribution < 1.29 is 18.3 Å². The number of allylic oxidation sites excluding steroid dienone is 4. The summed E-state index contributed by atoms with van der Waals surface area (Å²) in [5.41, 5.74) is -0.525. The van der Waals surface area contributed by atoms with Gasteiger partial charge in [0, 0.05) is 25.1 Å². The van der Waals surface area contributed by atoms with E-state index < -0.39 is 22.1 Å². The largest absolute Gasteiger partial charge is 0.498 e. The highest BCUT2D eigenvalue weighted by Gasteiger charge is 2.39. The summed E-state index contributed by atoms with van der Waals surface area (Å²) in [5, 5.41) is 13.9. The van der Waals surface area contributed by atoms with Crippen molar-refractivity contribution >= 4 is 43.3 Å². The lowest BCUT2D eigenvalue weighted by molar-refractivity contribution is 0.0853. The minimum Gasteiger partial charge on any atom is -0.498 e. The maximum Gasteiger partial charge on any atom is 0.251 e. The topological polar surface area (TPSA) is 89.2 Å². The summed E-state index contributed by atoms with van der Waals surface area (Å²) >= 11 is 0. The SMILES string of the molecule is BC(B)(F)C(B)(B)Oc1cn(-c2ccc(C3CCOCC3)cc2F)nc(/C(=C/C=N)NC2=CCCC=C2)c1=O. The van der Waals surface area contributed by atoms with Crippen molar-refractivity contribution in [2.75, 3.05) is 13.2 Å². The molecule has 0 unspecified atom stereocenters. The van der Waals surface area contributed by atoms with E-state index in [2.05, 4.69) is 10.4 Å². The first-order chi connectivity index (χ1) is 18.5. The highest BCUT2D eigenvalue weighted by Crippen LogP contribution is 2.29. The zero-order chi connectivity index (χ0) is 28.2. The van der Waals surface area contributed by atoms with E-state index in [1.807, 2.05) is 24.3 Å². The van der Waals surface area contributed by atoms with Gasteiger partial charge in [-0.1, -0.05) is 18.2 Å². The third-order valence-corrected chi connectivity index (χ3v) is 7.37. The minimum absolute atomic E-state index is 0.0868. The molecule has 7 nitrogen and oxygen atoms in total. The van der Waals surface area contributed by atoms with E-state index in [-0.39, 0.29) is 28.7 Å². The number of aromatic nitrogens is 2. The molecule has 2 aliphatic rings. The lowest BCUT2D eigenvalue weighted by atomic mass is 9.43. The highest BCUT2D eigenvalue weighted by molar-refractivity contribution is 6.53. The summed E-state index contributed by atoms with van der Waals surface area (Å²) in [7, 11) is 5.83. The Kier molecular flexibility index (Phi) is 8.69. The number of halogens is 2. The van der Waals surface area contributed by atoms with Gasteiger partial charge in [0.25, 0.3) is 5.43 Å². The van der Waals surface area contributed by atoms with Crippen LogP contribution in [0.15, 0.2) is 59.2 Å². The predicted octanol–water partition coefficient (Wildman–Crippen LogP) is 0.268. The lowest BCUT2D eigenvalue weighted by Gasteiger charge is -2.36. The van der Waals surface area contributed by atoms with Crippen LogP contribution in [0, 0.1) is 11.2 Å². The van der Waals surface area contributed by atoms with Crippen molar-refractivity contribution in [1.82, 2.24) is 15.1 Å². The van der Waals surface area contributed by atoms with Crippen molar-refractivity contribution in [2.45, 2.75) is 42.5 Å². The van der Waals surface area contributed by atoms with E-state index in [0.29, 0.717) is 13.2 Å². The number of ether oxygens (including phenoxy) is 2. The third kappa shape index (κ3) is 6.64. The van der Waals surface area contributed by atoms with E-state index in [4.69, 9.17) is 14.9 Å². The number of nitrogens with one attached hydrogen (secondary N) is 2. The van der Waals surface area contributed by atoms with Crippen LogP contribution >= 0.6 is 0 Å². The average molecular weight is 530 g/mol. The molecule has 1 aromatic heterocycles. The smallest absolute Gasteiger partial charge is 0.251 e. The summed E-state index contributed by atoms with van der Waals surface area (Å²) < 4.78 is 43.2.